The molecule has 1 aliphatic heterocycles. The van der Waals surface area contributed by atoms with Crippen molar-refractivity contribution in [3.63, 3.8) is 0 Å². The van der Waals surface area contributed by atoms with Crippen LogP contribution >= 0.6 is 0 Å². The molecule has 3 heterocycles. The normalized spacial score (nSPS) is 13.3. The number of rotatable bonds is 4. The Balaban J connectivity index is 1.43. The van der Waals surface area contributed by atoms with Crippen molar-refractivity contribution < 1.29 is 13.9 Å². The monoisotopic (exact) mass is 450 g/mol. The van der Waals surface area contributed by atoms with Gasteiger partial charge in [-0.2, -0.15) is 0 Å². The van der Waals surface area contributed by atoms with Gasteiger partial charge in [0.1, 0.15) is 17.9 Å². The number of carbonyl (C=O) groups excluding carboxylic acids is 1. The number of furan rings is 1. The third-order valence-electron chi connectivity index (χ3n) is 6.07. The maximum Gasteiger partial charge on any atom is 0.295 e. The van der Waals surface area contributed by atoms with Crippen LogP contribution in [0.4, 0.5) is 11.6 Å². The van der Waals surface area contributed by atoms with Crippen LogP contribution in [0.15, 0.2) is 83.3 Å². The van der Waals surface area contributed by atoms with E-state index in [1.807, 2.05) is 90.8 Å². The van der Waals surface area contributed by atoms with E-state index >= 15 is 0 Å². The lowest BCUT2D eigenvalue weighted by molar-refractivity contribution is 0.0958. The molecule has 5 aromatic rings. The summed E-state index contributed by atoms with van der Waals surface area (Å²) in [5.74, 6) is 1.96. The van der Waals surface area contributed by atoms with E-state index < -0.39 is 0 Å². The van der Waals surface area contributed by atoms with Crippen LogP contribution in [-0.2, 0) is 6.61 Å². The second kappa shape index (κ2) is 8.19. The fourth-order valence-corrected chi connectivity index (χ4v) is 4.29. The molecule has 3 aromatic carbocycles. The first kappa shape index (κ1) is 20.2. The lowest BCUT2D eigenvalue weighted by Gasteiger charge is -2.33. The van der Waals surface area contributed by atoms with E-state index in [4.69, 9.17) is 19.1 Å². The Hall–Kier alpha value is -4.39. The quantitative estimate of drug-likeness (QED) is 0.382. The summed E-state index contributed by atoms with van der Waals surface area (Å²) in [6.07, 6.45) is 0. The molecule has 0 radical (unpaired) electrons. The zero-order valence-electron chi connectivity index (χ0n) is 18.6. The molecule has 7 nitrogen and oxygen atoms in total. The van der Waals surface area contributed by atoms with Crippen LogP contribution in [0.5, 0.6) is 5.75 Å². The van der Waals surface area contributed by atoms with Crippen LogP contribution in [0.3, 0.4) is 0 Å². The second-order valence-corrected chi connectivity index (χ2v) is 8.25. The van der Waals surface area contributed by atoms with Crippen molar-refractivity contribution in [2.24, 2.45) is 0 Å². The van der Waals surface area contributed by atoms with Gasteiger partial charge in [0.25, 0.3) is 5.91 Å². The van der Waals surface area contributed by atoms with Crippen LogP contribution < -0.4 is 14.5 Å². The van der Waals surface area contributed by atoms with Gasteiger partial charge in [-0.25, -0.2) is 9.97 Å². The molecule has 0 bridgehead atoms. The van der Waals surface area contributed by atoms with E-state index in [0.717, 1.165) is 27.7 Å². The highest BCUT2D eigenvalue weighted by Gasteiger charge is 2.33. The average Bonchev–Trinajstić information content (AvgIpc) is 3.26. The molecule has 0 atom stereocenters. The van der Waals surface area contributed by atoms with Crippen LogP contribution in [-0.4, -0.2) is 36.0 Å². The zero-order chi connectivity index (χ0) is 23.1. The smallest absolute Gasteiger partial charge is 0.295 e. The fraction of sp³-hybridized carbons (Fsp3) is 0.148. The Labute approximate surface area is 196 Å². The number of hydrogen-bond acceptors (Lipinski definition) is 6. The van der Waals surface area contributed by atoms with Gasteiger partial charge in [-0.15, -0.1) is 0 Å². The minimum absolute atomic E-state index is 0.214. The highest BCUT2D eigenvalue weighted by molar-refractivity contribution is 6.09. The number of benzene rings is 3. The highest BCUT2D eigenvalue weighted by atomic mass is 16.5. The van der Waals surface area contributed by atoms with Crippen molar-refractivity contribution in [1.29, 1.82) is 0 Å². The third-order valence-corrected chi connectivity index (χ3v) is 6.07. The lowest BCUT2D eigenvalue weighted by atomic mass is 10.1. The van der Waals surface area contributed by atoms with Crippen LogP contribution in [0.25, 0.3) is 22.0 Å². The van der Waals surface area contributed by atoms with Crippen molar-refractivity contribution in [3.05, 3.63) is 90.2 Å². The largest absolute Gasteiger partial charge is 0.489 e. The summed E-state index contributed by atoms with van der Waals surface area (Å²) in [6, 6.07) is 24.9. The minimum Gasteiger partial charge on any atom is -0.489 e. The van der Waals surface area contributed by atoms with Gasteiger partial charge in [-0.1, -0.05) is 48.5 Å². The Kier molecular flexibility index (Phi) is 4.87. The number of fused-ring (bicyclic) bond motifs is 3. The SMILES string of the molecule is CN1CCN(C(=O)c2oc3ccccc3c2COc2ccccc2)c2nc3ccccc3nc21. The molecule has 0 fully saturated rings. The molecule has 0 unspecified atom stereocenters. The topological polar surface area (TPSA) is 71.7 Å². The second-order valence-electron chi connectivity index (χ2n) is 8.25. The summed E-state index contributed by atoms with van der Waals surface area (Å²) in [7, 11) is 1.96. The molecule has 34 heavy (non-hydrogen) atoms. The van der Waals surface area contributed by atoms with Crippen LogP contribution in [0, 0.1) is 0 Å². The molecule has 7 heteroatoms. The van der Waals surface area contributed by atoms with Gasteiger partial charge in [-0.05, 0) is 30.3 Å². The van der Waals surface area contributed by atoms with Gasteiger partial charge in [-0.3, -0.25) is 9.69 Å². The first-order chi connectivity index (χ1) is 16.7. The summed E-state index contributed by atoms with van der Waals surface area (Å²) in [5.41, 5.74) is 2.91. The summed E-state index contributed by atoms with van der Waals surface area (Å²) in [6.45, 7) is 1.33. The average molecular weight is 450 g/mol. The predicted molar refractivity (Wildman–Crippen MR) is 131 cm³/mol. The molecule has 0 saturated heterocycles. The maximum atomic E-state index is 13.9. The molecule has 2 aromatic heterocycles. The van der Waals surface area contributed by atoms with Crippen LogP contribution in [0.2, 0.25) is 0 Å². The van der Waals surface area contributed by atoms with Crippen molar-refractivity contribution in [1.82, 2.24) is 9.97 Å². The predicted octanol–water partition coefficient (Wildman–Crippen LogP) is 5.05. The standard InChI is InChI=1S/C27H22N4O3/c1-30-15-16-31(26-25(30)28-21-12-6-7-13-22(21)29-26)27(32)24-20(17-33-18-9-3-2-4-10-18)19-11-5-8-14-23(19)34-24/h2-14H,15-17H2,1H3. The Morgan fingerprint density at radius 1 is 0.882 bits per heavy atom. The van der Waals surface area contributed by atoms with Gasteiger partial charge in [0.05, 0.1) is 11.0 Å². The van der Waals surface area contributed by atoms with Crippen molar-refractivity contribution in [2.45, 2.75) is 6.61 Å². The molecule has 0 aliphatic carbocycles. The van der Waals surface area contributed by atoms with Gasteiger partial charge in [0.15, 0.2) is 17.4 Å². The van der Waals surface area contributed by atoms with E-state index in [1.165, 1.54) is 0 Å². The molecular formula is C27H22N4O3. The summed E-state index contributed by atoms with van der Waals surface area (Å²) >= 11 is 0. The number of anilines is 2. The lowest BCUT2D eigenvalue weighted by Crippen LogP contribution is -2.44. The Bertz CT molecular complexity index is 1510. The first-order valence-electron chi connectivity index (χ1n) is 11.2. The first-order valence-corrected chi connectivity index (χ1v) is 11.2. The number of amides is 1. The van der Waals surface area contributed by atoms with Crippen LogP contribution in [0.1, 0.15) is 16.1 Å². The molecule has 1 amide bonds. The van der Waals surface area contributed by atoms with Crippen molar-refractivity contribution in [2.75, 3.05) is 29.9 Å². The van der Waals surface area contributed by atoms with E-state index in [2.05, 4.69) is 0 Å². The molecule has 0 spiro atoms. The number of para-hydroxylation sites is 4. The third kappa shape index (κ3) is 3.42. The number of carbonyl (C=O) groups is 1. The molecular weight excluding hydrogens is 428 g/mol. The highest BCUT2D eigenvalue weighted by Crippen LogP contribution is 2.34. The number of hydrogen-bond donors (Lipinski definition) is 0. The van der Waals surface area contributed by atoms with E-state index in [0.29, 0.717) is 30.3 Å². The van der Waals surface area contributed by atoms with Crippen molar-refractivity contribution in [3.8, 4) is 5.75 Å². The van der Waals surface area contributed by atoms with Gasteiger partial charge in [0, 0.05) is 31.1 Å². The Morgan fingerprint density at radius 3 is 2.35 bits per heavy atom. The minimum atomic E-state index is -0.248. The van der Waals surface area contributed by atoms with Crippen molar-refractivity contribution >= 4 is 39.5 Å². The maximum absolute atomic E-state index is 13.9. The molecule has 6 rings (SSSR count). The number of ether oxygens (including phenoxy) is 1. The molecule has 0 N–H and O–H groups in total. The van der Waals surface area contributed by atoms with Gasteiger partial charge >= 0.3 is 0 Å². The molecule has 168 valence electrons. The fourth-order valence-electron chi connectivity index (χ4n) is 4.29. The summed E-state index contributed by atoms with van der Waals surface area (Å²) < 4.78 is 12.1. The Morgan fingerprint density at radius 2 is 1.56 bits per heavy atom. The summed E-state index contributed by atoms with van der Waals surface area (Å²) in [5, 5.41) is 0.862. The summed E-state index contributed by atoms with van der Waals surface area (Å²) in [4.78, 5) is 27.2. The molecule has 0 saturated carbocycles. The van der Waals surface area contributed by atoms with E-state index in [-0.39, 0.29) is 18.3 Å². The zero-order valence-corrected chi connectivity index (χ0v) is 18.6. The number of likely N-dealkylation sites (N-methyl/N-ethyl adjacent to an activating group) is 1. The number of nitrogens with zero attached hydrogens (tertiary/aromatic N) is 4. The van der Waals surface area contributed by atoms with E-state index in [1.54, 1.807) is 4.90 Å². The molecule has 1 aliphatic rings. The van der Waals surface area contributed by atoms with Gasteiger partial charge < -0.3 is 14.1 Å². The van der Waals surface area contributed by atoms with Gasteiger partial charge in [0.2, 0.25) is 0 Å². The number of aromatic nitrogens is 2. The van der Waals surface area contributed by atoms with E-state index in [9.17, 15) is 4.79 Å².